The fraction of sp³-hybridized carbons (Fsp3) is 0.300. The van der Waals surface area contributed by atoms with Crippen LogP contribution in [0.1, 0.15) is 16.8 Å². The molecule has 1 N–H and O–H groups in total. The Labute approximate surface area is 95.5 Å². The Morgan fingerprint density at radius 3 is 2.67 bits per heavy atom. The van der Waals surface area contributed by atoms with E-state index in [0.29, 0.717) is 18.6 Å². The number of aliphatic hydroxyl groups is 1. The quantitative estimate of drug-likeness (QED) is 0.843. The van der Waals surface area contributed by atoms with Gasteiger partial charge in [-0.25, -0.2) is 0 Å². The Hall–Kier alpha value is -0.910. The fourth-order valence-electron chi connectivity index (χ4n) is 1.37. The number of nitrogens with zero attached hydrogens (tertiary/aromatic N) is 1. The van der Waals surface area contributed by atoms with E-state index >= 15 is 0 Å². The molecule has 1 heterocycles. The standard InChI is InChI=1S/C10H10BrNO3/c11-8-3-1-7(2-4-8)10(14)12-9(13)5-6-15-12/h1-4,9,13H,5-6H2. The predicted octanol–water partition coefficient (Wildman–Crippen LogP) is 1.54. The lowest BCUT2D eigenvalue weighted by molar-refractivity contribution is -0.141. The lowest BCUT2D eigenvalue weighted by Gasteiger charge is -2.17. The van der Waals surface area contributed by atoms with Gasteiger partial charge in [-0.3, -0.25) is 9.63 Å². The van der Waals surface area contributed by atoms with Crippen LogP contribution in [0, 0.1) is 0 Å². The minimum Gasteiger partial charge on any atom is -0.371 e. The van der Waals surface area contributed by atoms with Gasteiger partial charge in [0.25, 0.3) is 5.91 Å². The zero-order chi connectivity index (χ0) is 10.8. The average molecular weight is 272 g/mol. The molecule has 1 aliphatic heterocycles. The second kappa shape index (κ2) is 4.30. The van der Waals surface area contributed by atoms with Gasteiger partial charge in [-0.2, -0.15) is 5.06 Å². The van der Waals surface area contributed by atoms with Crippen LogP contribution in [0.2, 0.25) is 0 Å². The maximum absolute atomic E-state index is 11.8. The first kappa shape index (κ1) is 10.6. The fourth-order valence-corrected chi connectivity index (χ4v) is 1.64. The Bertz CT molecular complexity index is 365. The SMILES string of the molecule is O=C(c1ccc(Br)cc1)N1OCCC1O. The molecule has 1 amide bonds. The highest BCUT2D eigenvalue weighted by molar-refractivity contribution is 9.10. The van der Waals surface area contributed by atoms with Crippen molar-refractivity contribution < 1.29 is 14.7 Å². The number of aliphatic hydroxyl groups excluding tert-OH is 1. The van der Waals surface area contributed by atoms with E-state index < -0.39 is 6.23 Å². The van der Waals surface area contributed by atoms with Crippen molar-refractivity contribution >= 4 is 21.8 Å². The van der Waals surface area contributed by atoms with E-state index in [2.05, 4.69) is 15.9 Å². The molecule has 4 nitrogen and oxygen atoms in total. The highest BCUT2D eigenvalue weighted by atomic mass is 79.9. The van der Waals surface area contributed by atoms with Gasteiger partial charge in [0.2, 0.25) is 0 Å². The number of rotatable bonds is 1. The molecule has 0 saturated carbocycles. The van der Waals surface area contributed by atoms with Crippen LogP contribution in [0.15, 0.2) is 28.7 Å². The predicted molar refractivity (Wildman–Crippen MR) is 56.9 cm³/mol. The van der Waals surface area contributed by atoms with E-state index in [1.54, 1.807) is 24.3 Å². The van der Waals surface area contributed by atoms with Gasteiger partial charge >= 0.3 is 0 Å². The minimum atomic E-state index is -0.832. The van der Waals surface area contributed by atoms with Gasteiger partial charge < -0.3 is 5.11 Å². The van der Waals surface area contributed by atoms with E-state index in [-0.39, 0.29) is 5.91 Å². The van der Waals surface area contributed by atoms with Crippen molar-refractivity contribution in [3.05, 3.63) is 34.3 Å². The third kappa shape index (κ3) is 2.19. The number of carbonyl (C=O) groups excluding carboxylic acids is 1. The lowest BCUT2D eigenvalue weighted by atomic mass is 10.2. The van der Waals surface area contributed by atoms with E-state index in [1.165, 1.54) is 0 Å². The summed E-state index contributed by atoms with van der Waals surface area (Å²) in [5, 5.41) is 10.5. The summed E-state index contributed by atoms with van der Waals surface area (Å²) in [6, 6.07) is 6.91. The number of hydrogen-bond donors (Lipinski definition) is 1. The van der Waals surface area contributed by atoms with Crippen LogP contribution in [0.5, 0.6) is 0 Å². The molecule has 1 aromatic rings. The van der Waals surface area contributed by atoms with Crippen LogP contribution in [-0.4, -0.2) is 28.9 Å². The summed E-state index contributed by atoms with van der Waals surface area (Å²) in [4.78, 5) is 16.8. The molecule has 5 heteroatoms. The molecule has 15 heavy (non-hydrogen) atoms. The molecule has 1 atom stereocenters. The smallest absolute Gasteiger partial charge is 0.279 e. The number of halogens is 1. The van der Waals surface area contributed by atoms with Crippen molar-refractivity contribution in [1.82, 2.24) is 5.06 Å². The van der Waals surface area contributed by atoms with Crippen molar-refractivity contribution in [3.8, 4) is 0 Å². The van der Waals surface area contributed by atoms with E-state index in [0.717, 1.165) is 9.54 Å². The molecule has 0 radical (unpaired) electrons. The first-order chi connectivity index (χ1) is 7.18. The van der Waals surface area contributed by atoms with Gasteiger partial charge in [0.1, 0.15) is 0 Å². The monoisotopic (exact) mass is 271 g/mol. The number of benzene rings is 1. The molecular weight excluding hydrogens is 262 g/mol. The van der Waals surface area contributed by atoms with E-state index in [9.17, 15) is 9.90 Å². The first-order valence-electron chi connectivity index (χ1n) is 4.58. The molecule has 80 valence electrons. The highest BCUT2D eigenvalue weighted by Gasteiger charge is 2.29. The van der Waals surface area contributed by atoms with Crippen LogP contribution >= 0.6 is 15.9 Å². The molecule has 2 rings (SSSR count). The zero-order valence-corrected chi connectivity index (χ0v) is 9.48. The number of hydroxylamine groups is 2. The maximum atomic E-state index is 11.8. The first-order valence-corrected chi connectivity index (χ1v) is 5.38. The molecular formula is C10H10BrNO3. The molecule has 0 aliphatic carbocycles. The molecule has 0 aromatic heterocycles. The number of carbonyl (C=O) groups is 1. The summed E-state index contributed by atoms with van der Waals surface area (Å²) in [6.07, 6.45) is -0.372. The summed E-state index contributed by atoms with van der Waals surface area (Å²) < 4.78 is 0.905. The van der Waals surface area contributed by atoms with Crippen molar-refractivity contribution in [2.75, 3.05) is 6.61 Å². The summed E-state index contributed by atoms with van der Waals surface area (Å²) >= 11 is 3.28. The third-order valence-electron chi connectivity index (χ3n) is 2.17. The van der Waals surface area contributed by atoms with Crippen molar-refractivity contribution in [3.63, 3.8) is 0 Å². The maximum Gasteiger partial charge on any atom is 0.279 e. The van der Waals surface area contributed by atoms with Crippen LogP contribution in [0.3, 0.4) is 0 Å². The summed E-state index contributed by atoms with van der Waals surface area (Å²) in [5.41, 5.74) is 0.499. The summed E-state index contributed by atoms with van der Waals surface area (Å²) in [6.45, 7) is 0.378. The largest absolute Gasteiger partial charge is 0.371 e. The highest BCUT2D eigenvalue weighted by Crippen LogP contribution is 2.17. The van der Waals surface area contributed by atoms with Crippen LogP contribution in [0.25, 0.3) is 0 Å². The normalized spacial score (nSPS) is 20.7. The Kier molecular flexibility index (Phi) is 3.04. The molecule has 1 saturated heterocycles. The topological polar surface area (TPSA) is 49.8 Å². The lowest BCUT2D eigenvalue weighted by Crippen LogP contribution is -2.34. The van der Waals surface area contributed by atoms with Gasteiger partial charge in [0.15, 0.2) is 6.23 Å². The Morgan fingerprint density at radius 2 is 2.13 bits per heavy atom. The van der Waals surface area contributed by atoms with Crippen molar-refractivity contribution in [1.29, 1.82) is 0 Å². The number of amides is 1. The second-order valence-corrected chi connectivity index (χ2v) is 4.16. The van der Waals surface area contributed by atoms with Crippen molar-refractivity contribution in [2.45, 2.75) is 12.6 Å². The second-order valence-electron chi connectivity index (χ2n) is 3.24. The molecule has 0 spiro atoms. The summed E-state index contributed by atoms with van der Waals surface area (Å²) in [7, 11) is 0. The van der Waals surface area contributed by atoms with Gasteiger partial charge in [-0.05, 0) is 24.3 Å². The van der Waals surface area contributed by atoms with Crippen molar-refractivity contribution in [2.24, 2.45) is 0 Å². The molecule has 1 unspecified atom stereocenters. The number of hydrogen-bond acceptors (Lipinski definition) is 3. The van der Waals surface area contributed by atoms with Crippen LogP contribution in [0.4, 0.5) is 0 Å². The van der Waals surface area contributed by atoms with Gasteiger partial charge in [-0.15, -0.1) is 0 Å². The van der Waals surface area contributed by atoms with E-state index in [1.807, 2.05) is 0 Å². The minimum absolute atomic E-state index is 0.312. The van der Waals surface area contributed by atoms with Gasteiger partial charge in [0.05, 0.1) is 6.61 Å². The molecule has 1 aromatic carbocycles. The molecule has 1 aliphatic rings. The average Bonchev–Trinajstić information content (AvgIpc) is 2.65. The molecule has 0 bridgehead atoms. The van der Waals surface area contributed by atoms with Crippen LogP contribution in [-0.2, 0) is 4.84 Å². The Morgan fingerprint density at radius 1 is 1.47 bits per heavy atom. The third-order valence-corrected chi connectivity index (χ3v) is 2.70. The zero-order valence-electron chi connectivity index (χ0n) is 7.89. The summed E-state index contributed by atoms with van der Waals surface area (Å²) in [5.74, 6) is -0.312. The van der Waals surface area contributed by atoms with Gasteiger partial charge in [0, 0.05) is 16.5 Å². The van der Waals surface area contributed by atoms with E-state index in [4.69, 9.17) is 4.84 Å². The van der Waals surface area contributed by atoms with Gasteiger partial charge in [-0.1, -0.05) is 15.9 Å². The Balaban J connectivity index is 2.17. The molecule has 1 fully saturated rings. The van der Waals surface area contributed by atoms with Crippen LogP contribution < -0.4 is 0 Å².